The molecule has 0 saturated carbocycles. The van der Waals surface area contributed by atoms with E-state index in [2.05, 4.69) is 125 Å². The molecule has 8 heteroatoms. The molecule has 8 nitrogen and oxygen atoms in total. The van der Waals surface area contributed by atoms with E-state index in [4.69, 9.17) is 9.47 Å². The molecule has 9 unspecified atom stereocenters. The lowest BCUT2D eigenvalue weighted by Crippen LogP contribution is -2.50. The van der Waals surface area contributed by atoms with E-state index < -0.39 is 0 Å². The van der Waals surface area contributed by atoms with Crippen LogP contribution in [-0.2, 0) is 23.9 Å². The molecule has 0 aromatic rings. The van der Waals surface area contributed by atoms with E-state index in [0.29, 0.717) is 72.5 Å². The second-order valence-electron chi connectivity index (χ2n) is 21.7. The lowest BCUT2D eigenvalue weighted by atomic mass is 9.81. The summed E-state index contributed by atoms with van der Waals surface area (Å²) in [4.78, 5) is 49.5. The Morgan fingerprint density at radius 2 is 1.09 bits per heavy atom. The number of rotatable bonds is 22. The second kappa shape index (κ2) is 23.0. The van der Waals surface area contributed by atoms with Crippen LogP contribution in [0.1, 0.15) is 162 Å². The quantitative estimate of drug-likeness (QED) is 0.102. The number of ether oxygens (including phenoxy) is 2. The lowest BCUT2D eigenvalue weighted by molar-refractivity contribution is -0.146. The van der Waals surface area contributed by atoms with Crippen molar-refractivity contribution < 1.29 is 23.9 Å². The van der Waals surface area contributed by atoms with E-state index >= 15 is 0 Å². The third kappa shape index (κ3) is 12.5. The van der Waals surface area contributed by atoms with Crippen LogP contribution in [0.3, 0.4) is 0 Å². The molecule has 3 saturated heterocycles. The van der Waals surface area contributed by atoms with E-state index in [-0.39, 0.29) is 65.6 Å². The summed E-state index contributed by atoms with van der Waals surface area (Å²) in [5.74, 6) is 4.04. The number of hydrogen-bond donors (Lipinski definition) is 0. The van der Waals surface area contributed by atoms with E-state index in [1.165, 1.54) is 0 Å². The summed E-state index contributed by atoms with van der Waals surface area (Å²) in [5, 5.41) is 0. The number of methoxy groups -OCH3 is 1. The van der Waals surface area contributed by atoms with Gasteiger partial charge in [0.15, 0.2) is 0 Å². The number of likely N-dealkylation sites (tertiary alicyclic amines) is 3. The van der Waals surface area contributed by atoms with Crippen molar-refractivity contribution in [3.05, 3.63) is 0 Å². The Hall–Kier alpha value is -1.67. The van der Waals surface area contributed by atoms with Crippen molar-refractivity contribution in [1.29, 1.82) is 0 Å². The Morgan fingerprint density at radius 1 is 0.603 bits per heavy atom. The largest absolute Gasteiger partial charge is 0.381 e. The summed E-state index contributed by atoms with van der Waals surface area (Å²) >= 11 is 0. The summed E-state index contributed by atoms with van der Waals surface area (Å²) in [6.07, 6.45) is 7.68. The van der Waals surface area contributed by atoms with Gasteiger partial charge in [0.25, 0.3) is 0 Å². The molecule has 3 fully saturated rings. The van der Waals surface area contributed by atoms with E-state index in [1.807, 2.05) is 0 Å². The first-order chi connectivity index (χ1) is 27.2. The van der Waals surface area contributed by atoms with Gasteiger partial charge in [-0.1, -0.05) is 110 Å². The Kier molecular flexibility index (Phi) is 20.1. The summed E-state index contributed by atoms with van der Waals surface area (Å²) < 4.78 is 12.6. The zero-order valence-electron chi connectivity index (χ0n) is 40.8. The smallest absolute Gasteiger partial charge is 0.229 e. The van der Waals surface area contributed by atoms with Gasteiger partial charge in [0.1, 0.15) is 0 Å². The summed E-state index contributed by atoms with van der Waals surface area (Å²) in [6, 6.07) is 1.06. The summed E-state index contributed by atoms with van der Waals surface area (Å²) in [5.41, 5.74) is 0. The minimum atomic E-state index is -0.168. The first kappa shape index (κ1) is 50.7. The van der Waals surface area contributed by atoms with Crippen molar-refractivity contribution in [3.63, 3.8) is 0 Å². The third-order valence-corrected chi connectivity index (χ3v) is 15.2. The van der Waals surface area contributed by atoms with Crippen molar-refractivity contribution in [3.8, 4) is 0 Å². The fourth-order valence-electron chi connectivity index (χ4n) is 11.7. The van der Waals surface area contributed by atoms with Crippen LogP contribution in [0, 0.1) is 76.9 Å². The van der Waals surface area contributed by atoms with Crippen molar-refractivity contribution in [2.24, 2.45) is 76.9 Å². The van der Waals surface area contributed by atoms with Gasteiger partial charge in [0.05, 0.1) is 18.6 Å². The predicted octanol–water partition coefficient (Wildman–Crippen LogP) is 10.5. The molecule has 0 N–H and O–H groups in total. The van der Waals surface area contributed by atoms with Gasteiger partial charge in [-0.25, -0.2) is 0 Å². The molecule has 3 rings (SSSR count). The van der Waals surface area contributed by atoms with Crippen molar-refractivity contribution >= 4 is 17.7 Å². The molecule has 0 bridgehead atoms. The summed E-state index contributed by atoms with van der Waals surface area (Å²) in [7, 11) is 1.78. The van der Waals surface area contributed by atoms with Gasteiger partial charge < -0.3 is 24.2 Å². The maximum absolute atomic E-state index is 14.6. The molecular formula is C50H93N3O5. The maximum atomic E-state index is 14.6. The lowest BCUT2D eigenvalue weighted by Gasteiger charge is -2.38. The molecule has 3 aliphatic rings. The molecular weight excluding hydrogens is 723 g/mol. The Morgan fingerprint density at radius 3 is 1.55 bits per heavy atom. The van der Waals surface area contributed by atoms with E-state index in [1.54, 1.807) is 7.11 Å². The minimum Gasteiger partial charge on any atom is -0.381 e. The van der Waals surface area contributed by atoms with Crippen LogP contribution in [0.5, 0.6) is 0 Å². The molecule has 3 aliphatic heterocycles. The highest BCUT2D eigenvalue weighted by Gasteiger charge is 2.45. The normalized spacial score (nSPS) is 27.5. The van der Waals surface area contributed by atoms with Crippen LogP contribution in [0.25, 0.3) is 0 Å². The molecule has 338 valence electrons. The molecule has 0 aliphatic carbocycles. The fraction of sp³-hybridized carbons (Fsp3) is 0.940. The van der Waals surface area contributed by atoms with Gasteiger partial charge in [-0.3, -0.25) is 14.4 Å². The molecule has 0 radical (unpaired) electrons. The average molecular weight is 816 g/mol. The van der Waals surface area contributed by atoms with Crippen LogP contribution >= 0.6 is 0 Å². The third-order valence-electron chi connectivity index (χ3n) is 15.2. The first-order valence-corrected chi connectivity index (χ1v) is 24.2. The first-order valence-electron chi connectivity index (χ1n) is 24.2. The Balaban J connectivity index is 1.62. The van der Waals surface area contributed by atoms with Gasteiger partial charge in [0.2, 0.25) is 17.7 Å². The molecule has 0 aromatic carbocycles. The van der Waals surface area contributed by atoms with E-state index in [0.717, 1.165) is 64.5 Å². The summed E-state index contributed by atoms with van der Waals surface area (Å²) in [6.45, 7) is 38.4. The standard InChI is InChI=1S/C50H93N3O5/c1-18-36(14)45(33(8)9)48(54)52-28-40(26-43(52)32(6)7)29-58-24-23-37(15)46(34(10)11)49(55)51-27-39(25-42(51)31(4)5)20-22-44(57-17)47(35(12)13)50(56)53-38(16)19-21-41(53)30(2)3/h30-47H,18-29H2,1-17H3/t36?,37?,38?,39?,40?,41-,42-,43-,44?,45?,46?,47?/m0/s1. The van der Waals surface area contributed by atoms with Gasteiger partial charge in [-0.05, 0) is 105 Å². The molecule has 0 aromatic heterocycles. The molecule has 12 atom stereocenters. The van der Waals surface area contributed by atoms with Crippen molar-refractivity contribution in [2.45, 2.75) is 192 Å². The Bertz CT molecular complexity index is 1270. The van der Waals surface area contributed by atoms with Crippen LogP contribution in [0.15, 0.2) is 0 Å². The number of amides is 3. The van der Waals surface area contributed by atoms with Gasteiger partial charge in [0, 0.05) is 68.7 Å². The van der Waals surface area contributed by atoms with Gasteiger partial charge in [-0.2, -0.15) is 0 Å². The van der Waals surface area contributed by atoms with Crippen molar-refractivity contribution in [2.75, 3.05) is 33.4 Å². The molecule has 58 heavy (non-hydrogen) atoms. The highest BCUT2D eigenvalue weighted by atomic mass is 16.5. The predicted molar refractivity (Wildman–Crippen MR) is 240 cm³/mol. The highest BCUT2D eigenvalue weighted by Crippen LogP contribution is 2.39. The highest BCUT2D eigenvalue weighted by molar-refractivity contribution is 5.81. The molecule has 0 spiro atoms. The zero-order valence-corrected chi connectivity index (χ0v) is 40.8. The second-order valence-corrected chi connectivity index (χ2v) is 21.7. The topological polar surface area (TPSA) is 79.4 Å². The number of hydrogen-bond acceptors (Lipinski definition) is 5. The minimum absolute atomic E-state index is 0.0620. The number of carbonyl (C=O) groups excluding carboxylic acids is 3. The number of carbonyl (C=O) groups is 3. The monoisotopic (exact) mass is 816 g/mol. The number of nitrogens with zero attached hydrogens (tertiary/aromatic N) is 3. The maximum Gasteiger partial charge on any atom is 0.229 e. The van der Waals surface area contributed by atoms with Crippen LogP contribution < -0.4 is 0 Å². The van der Waals surface area contributed by atoms with Crippen LogP contribution in [-0.4, -0.2) is 96.1 Å². The van der Waals surface area contributed by atoms with Gasteiger partial charge in [-0.15, -0.1) is 0 Å². The fourth-order valence-corrected chi connectivity index (χ4v) is 11.7. The van der Waals surface area contributed by atoms with Crippen molar-refractivity contribution in [1.82, 2.24) is 14.7 Å². The zero-order chi connectivity index (χ0) is 43.8. The average Bonchev–Trinajstić information content (AvgIpc) is 3.88. The molecule has 3 heterocycles. The van der Waals surface area contributed by atoms with E-state index in [9.17, 15) is 14.4 Å². The SMILES string of the molecule is CCC(C)C(C(=O)N1CC(COCCC(C)C(C(=O)N2CC(CCC(OC)C(C(=O)N3C(C)CC[C@H]3C(C)C)C(C)C)C[C@H]2C(C)C)C(C)C)C[C@H]1C(C)C)C(C)C. The molecule has 3 amide bonds. The van der Waals surface area contributed by atoms with Gasteiger partial charge >= 0.3 is 0 Å². The Labute approximate surface area is 358 Å². The van der Waals surface area contributed by atoms with Crippen LogP contribution in [0.2, 0.25) is 0 Å². The van der Waals surface area contributed by atoms with Crippen LogP contribution in [0.4, 0.5) is 0 Å².